The number of Topliss-reactive ketones (excluding diaryl/α,β-unsaturated/α-hetero) is 1. The van der Waals surface area contributed by atoms with Crippen LogP contribution in [-0.2, 0) is 39.9 Å². The summed E-state index contributed by atoms with van der Waals surface area (Å²) in [6.07, 6.45) is 1.20. The van der Waals surface area contributed by atoms with Crippen molar-refractivity contribution in [2.75, 3.05) is 59.7 Å². The Morgan fingerprint density at radius 2 is 1.67 bits per heavy atom. The van der Waals surface area contributed by atoms with Gasteiger partial charge in [0.2, 0.25) is 23.6 Å². The third-order valence-electron chi connectivity index (χ3n) is 7.78. The predicted octanol–water partition coefficient (Wildman–Crippen LogP) is -0.975. The molecular weight excluding hydrogens is 546 g/mol. The SMILES string of the molecule is COc1ccc(C[C@H](NC(=O)[C@H](C)NC(=O)CN2CCOCC2)C(=O)N[C@@H](CN2CCCC2=O)C(=O)[C@@]2(C)CO2)cc1. The van der Waals surface area contributed by atoms with Crippen molar-refractivity contribution in [3.8, 4) is 5.75 Å². The number of rotatable bonds is 14. The molecule has 1 aromatic rings. The van der Waals surface area contributed by atoms with E-state index in [1.165, 1.54) is 0 Å². The number of ether oxygens (including phenoxy) is 3. The average molecular weight is 588 g/mol. The molecule has 3 aliphatic heterocycles. The van der Waals surface area contributed by atoms with Crippen LogP contribution in [0.15, 0.2) is 24.3 Å². The Balaban J connectivity index is 1.45. The van der Waals surface area contributed by atoms with Gasteiger partial charge >= 0.3 is 0 Å². The molecule has 3 N–H and O–H groups in total. The normalized spacial score (nSPS) is 22.5. The highest BCUT2D eigenvalue weighted by molar-refractivity contribution is 5.99. The molecule has 0 radical (unpaired) electrons. The van der Waals surface area contributed by atoms with Crippen molar-refractivity contribution in [2.24, 2.45) is 0 Å². The standard InChI is InChI=1S/C29H41N5O8/c1-19(30-24(35)17-33-11-13-41-14-12-33)27(38)31-22(15-20-6-8-21(40-3)9-7-20)28(39)32-23(26(37)29(2)18-42-29)16-34-10-4-5-25(34)36/h6-9,19,22-23H,4-5,10-18H2,1-3H3,(H,30,35)(H,31,38)(H,32,39)/t19-,22-,23-,29+/m0/s1. The molecule has 0 bridgehead atoms. The van der Waals surface area contributed by atoms with Crippen LogP contribution in [0.3, 0.4) is 0 Å². The van der Waals surface area contributed by atoms with Gasteiger partial charge in [-0.25, -0.2) is 0 Å². The van der Waals surface area contributed by atoms with Gasteiger partial charge < -0.3 is 35.1 Å². The van der Waals surface area contributed by atoms with E-state index in [1.807, 2.05) is 4.90 Å². The van der Waals surface area contributed by atoms with Crippen LogP contribution in [0.25, 0.3) is 0 Å². The fourth-order valence-electron chi connectivity index (χ4n) is 5.02. The van der Waals surface area contributed by atoms with Crippen LogP contribution in [0, 0.1) is 0 Å². The van der Waals surface area contributed by atoms with Crippen molar-refractivity contribution >= 4 is 29.4 Å². The number of morpholine rings is 1. The Kier molecular flexibility index (Phi) is 10.5. The predicted molar refractivity (Wildman–Crippen MR) is 151 cm³/mol. The second kappa shape index (κ2) is 14.1. The lowest BCUT2D eigenvalue weighted by Gasteiger charge is -2.28. The molecule has 3 heterocycles. The van der Waals surface area contributed by atoms with Crippen LogP contribution in [0.4, 0.5) is 0 Å². The zero-order valence-electron chi connectivity index (χ0n) is 24.5. The molecule has 0 unspecified atom stereocenters. The molecule has 3 saturated heterocycles. The number of ketones is 1. The number of likely N-dealkylation sites (tertiary alicyclic amines) is 1. The number of amides is 4. The first kappa shape index (κ1) is 31.4. The van der Waals surface area contributed by atoms with Gasteiger partial charge in [0.15, 0.2) is 5.78 Å². The fourth-order valence-corrected chi connectivity index (χ4v) is 5.02. The summed E-state index contributed by atoms with van der Waals surface area (Å²) in [4.78, 5) is 68.5. The van der Waals surface area contributed by atoms with Crippen LogP contribution in [0.1, 0.15) is 32.3 Å². The maximum absolute atomic E-state index is 13.7. The smallest absolute Gasteiger partial charge is 0.243 e. The molecule has 13 heteroatoms. The van der Waals surface area contributed by atoms with E-state index in [-0.39, 0.29) is 43.7 Å². The lowest BCUT2D eigenvalue weighted by molar-refractivity contribution is -0.135. The maximum atomic E-state index is 13.7. The second-order valence-electron chi connectivity index (χ2n) is 11.2. The Bertz CT molecular complexity index is 1150. The summed E-state index contributed by atoms with van der Waals surface area (Å²) in [6.45, 7) is 6.46. The van der Waals surface area contributed by atoms with Gasteiger partial charge in [-0.3, -0.25) is 28.9 Å². The number of epoxide rings is 1. The molecule has 3 fully saturated rings. The van der Waals surface area contributed by atoms with Gasteiger partial charge in [0, 0.05) is 39.0 Å². The van der Waals surface area contributed by atoms with E-state index >= 15 is 0 Å². The van der Waals surface area contributed by atoms with Gasteiger partial charge in [-0.2, -0.15) is 0 Å². The number of nitrogens with zero attached hydrogens (tertiary/aromatic N) is 2. The van der Waals surface area contributed by atoms with E-state index < -0.39 is 35.5 Å². The van der Waals surface area contributed by atoms with E-state index in [1.54, 1.807) is 50.1 Å². The first-order valence-electron chi connectivity index (χ1n) is 14.4. The Hall–Kier alpha value is -3.55. The van der Waals surface area contributed by atoms with Gasteiger partial charge in [-0.15, -0.1) is 0 Å². The first-order valence-corrected chi connectivity index (χ1v) is 14.4. The van der Waals surface area contributed by atoms with E-state index in [4.69, 9.17) is 14.2 Å². The molecule has 230 valence electrons. The highest BCUT2D eigenvalue weighted by Crippen LogP contribution is 2.29. The minimum absolute atomic E-state index is 0.0273. The third-order valence-corrected chi connectivity index (χ3v) is 7.78. The summed E-state index contributed by atoms with van der Waals surface area (Å²) in [7, 11) is 1.55. The number of methoxy groups -OCH3 is 1. The average Bonchev–Trinajstić information content (AvgIpc) is 3.61. The summed E-state index contributed by atoms with van der Waals surface area (Å²) >= 11 is 0. The number of benzene rings is 1. The molecule has 0 spiro atoms. The van der Waals surface area contributed by atoms with Crippen LogP contribution >= 0.6 is 0 Å². The number of hydrogen-bond donors (Lipinski definition) is 3. The zero-order chi connectivity index (χ0) is 30.3. The Morgan fingerprint density at radius 3 is 2.26 bits per heavy atom. The molecule has 42 heavy (non-hydrogen) atoms. The van der Waals surface area contributed by atoms with Gasteiger partial charge in [-0.1, -0.05) is 12.1 Å². The van der Waals surface area contributed by atoms with Crippen LogP contribution in [0.2, 0.25) is 0 Å². The summed E-state index contributed by atoms with van der Waals surface area (Å²) in [5.41, 5.74) is -0.273. The Morgan fingerprint density at radius 1 is 1.00 bits per heavy atom. The highest BCUT2D eigenvalue weighted by Gasteiger charge is 2.51. The minimum Gasteiger partial charge on any atom is -0.497 e. The van der Waals surface area contributed by atoms with Crippen LogP contribution in [-0.4, -0.2) is 123 Å². The van der Waals surface area contributed by atoms with Crippen molar-refractivity contribution in [1.29, 1.82) is 0 Å². The lowest BCUT2D eigenvalue weighted by atomic mass is 9.98. The number of hydrogen-bond acceptors (Lipinski definition) is 9. The highest BCUT2D eigenvalue weighted by atomic mass is 16.6. The molecule has 4 amide bonds. The van der Waals surface area contributed by atoms with Gasteiger partial charge in [0.25, 0.3) is 0 Å². The molecule has 0 aliphatic carbocycles. The molecule has 3 aliphatic rings. The number of carbonyl (C=O) groups is 5. The van der Waals surface area contributed by atoms with Crippen molar-refractivity contribution in [2.45, 2.75) is 56.8 Å². The van der Waals surface area contributed by atoms with E-state index in [2.05, 4.69) is 16.0 Å². The summed E-state index contributed by atoms with van der Waals surface area (Å²) in [5.74, 6) is -1.20. The van der Waals surface area contributed by atoms with Crippen molar-refractivity contribution in [3.63, 3.8) is 0 Å². The largest absolute Gasteiger partial charge is 0.497 e. The van der Waals surface area contributed by atoms with Crippen molar-refractivity contribution < 1.29 is 38.2 Å². The van der Waals surface area contributed by atoms with Gasteiger partial charge in [0.1, 0.15) is 29.5 Å². The lowest BCUT2D eigenvalue weighted by Crippen LogP contribution is -2.59. The minimum atomic E-state index is -1.07. The maximum Gasteiger partial charge on any atom is 0.243 e. The van der Waals surface area contributed by atoms with E-state index in [9.17, 15) is 24.0 Å². The van der Waals surface area contributed by atoms with Crippen molar-refractivity contribution in [1.82, 2.24) is 25.8 Å². The number of nitrogens with one attached hydrogen (secondary N) is 3. The van der Waals surface area contributed by atoms with Gasteiger partial charge in [0.05, 0.1) is 33.5 Å². The molecular formula is C29H41N5O8. The Labute approximate surface area is 245 Å². The number of carbonyl (C=O) groups excluding carboxylic acids is 5. The molecule has 4 atom stereocenters. The molecule has 1 aromatic carbocycles. The van der Waals surface area contributed by atoms with Crippen molar-refractivity contribution in [3.05, 3.63) is 29.8 Å². The summed E-state index contributed by atoms with van der Waals surface area (Å²) < 4.78 is 15.9. The van der Waals surface area contributed by atoms with Gasteiger partial charge in [-0.05, 0) is 38.0 Å². The van der Waals surface area contributed by atoms with Crippen LogP contribution in [0.5, 0.6) is 5.75 Å². The quantitative estimate of drug-likeness (QED) is 0.233. The first-order chi connectivity index (χ1) is 20.1. The van der Waals surface area contributed by atoms with Crippen LogP contribution < -0.4 is 20.7 Å². The summed E-state index contributed by atoms with van der Waals surface area (Å²) in [5, 5.41) is 8.23. The summed E-state index contributed by atoms with van der Waals surface area (Å²) in [6, 6.07) is 4.07. The van der Waals surface area contributed by atoms with E-state index in [0.717, 1.165) is 5.56 Å². The third kappa shape index (κ3) is 8.49. The fraction of sp³-hybridized carbons (Fsp3) is 0.621. The molecule has 0 saturated carbocycles. The monoisotopic (exact) mass is 587 g/mol. The van der Waals surface area contributed by atoms with E-state index in [0.29, 0.717) is 51.4 Å². The second-order valence-corrected chi connectivity index (χ2v) is 11.2. The molecule has 0 aromatic heterocycles. The zero-order valence-corrected chi connectivity index (χ0v) is 24.5. The molecule has 4 rings (SSSR count). The topological polar surface area (TPSA) is 159 Å². The molecule has 13 nitrogen and oxygen atoms in total.